The number of rotatable bonds is 5. The van der Waals surface area contributed by atoms with Gasteiger partial charge in [0.05, 0.1) is 22.9 Å². The van der Waals surface area contributed by atoms with Crippen LogP contribution in [-0.2, 0) is 4.74 Å². The number of esters is 1. The first-order valence-corrected chi connectivity index (χ1v) is 6.41. The number of nitrogens with zero attached hydrogens (tertiary/aromatic N) is 4. The molecule has 0 bridgehead atoms. The van der Waals surface area contributed by atoms with Gasteiger partial charge in [0, 0.05) is 12.1 Å². The Balaban J connectivity index is 2.24. The van der Waals surface area contributed by atoms with Gasteiger partial charge in [-0.05, 0) is 26.0 Å². The minimum atomic E-state index is -0.593. The molecular formula is C13H13N5O4. The van der Waals surface area contributed by atoms with Crippen LogP contribution in [-0.4, -0.2) is 27.7 Å². The second-order valence-corrected chi connectivity index (χ2v) is 4.24. The number of hydrogen-bond donors (Lipinski definition) is 1. The summed E-state index contributed by atoms with van der Waals surface area (Å²) in [6.45, 7) is 3.61. The molecule has 1 N–H and O–H groups in total. The lowest BCUT2D eigenvalue weighted by Crippen LogP contribution is -2.05. The molecule has 1 heterocycles. The van der Waals surface area contributed by atoms with Crippen molar-refractivity contribution in [2.75, 3.05) is 6.61 Å². The van der Waals surface area contributed by atoms with Gasteiger partial charge in [-0.2, -0.15) is 10.2 Å². The van der Waals surface area contributed by atoms with Crippen molar-refractivity contribution in [2.45, 2.75) is 13.8 Å². The van der Waals surface area contributed by atoms with E-state index in [0.29, 0.717) is 11.4 Å². The third-order valence-corrected chi connectivity index (χ3v) is 2.71. The highest BCUT2D eigenvalue weighted by atomic mass is 16.6. The molecule has 0 saturated carbocycles. The first-order valence-electron chi connectivity index (χ1n) is 6.41. The minimum Gasteiger partial charge on any atom is -0.461 e. The van der Waals surface area contributed by atoms with Crippen LogP contribution in [0.15, 0.2) is 34.5 Å². The van der Waals surface area contributed by atoms with Gasteiger partial charge in [0.2, 0.25) is 0 Å². The number of nitro groups is 1. The topological polar surface area (TPSA) is 123 Å². The van der Waals surface area contributed by atoms with Crippen molar-refractivity contribution >= 4 is 23.0 Å². The first kappa shape index (κ1) is 15.3. The Kier molecular flexibility index (Phi) is 4.57. The monoisotopic (exact) mass is 303 g/mol. The zero-order valence-electron chi connectivity index (χ0n) is 11.9. The van der Waals surface area contributed by atoms with Gasteiger partial charge in [-0.25, -0.2) is 4.79 Å². The summed E-state index contributed by atoms with van der Waals surface area (Å²) >= 11 is 0. The highest BCUT2D eigenvalue weighted by Crippen LogP contribution is 2.25. The lowest BCUT2D eigenvalue weighted by molar-refractivity contribution is -0.384. The van der Waals surface area contributed by atoms with E-state index in [1.54, 1.807) is 13.8 Å². The summed E-state index contributed by atoms with van der Waals surface area (Å²) in [6.07, 6.45) is 0. The van der Waals surface area contributed by atoms with E-state index in [-0.39, 0.29) is 23.7 Å². The highest BCUT2D eigenvalue weighted by Gasteiger charge is 2.18. The molecule has 0 aliphatic heterocycles. The first-order chi connectivity index (χ1) is 10.5. The fraction of sp³-hybridized carbons (Fsp3) is 0.231. The molecule has 0 saturated heterocycles. The molecule has 9 nitrogen and oxygen atoms in total. The Morgan fingerprint density at radius 2 is 2.05 bits per heavy atom. The van der Waals surface area contributed by atoms with E-state index in [9.17, 15) is 14.9 Å². The summed E-state index contributed by atoms with van der Waals surface area (Å²) in [5.74, 6) is -0.593. The van der Waals surface area contributed by atoms with E-state index in [0.717, 1.165) is 0 Å². The van der Waals surface area contributed by atoms with Gasteiger partial charge < -0.3 is 4.74 Å². The molecule has 2 aromatic rings. The van der Waals surface area contributed by atoms with E-state index >= 15 is 0 Å². The van der Waals surface area contributed by atoms with Gasteiger partial charge in [-0.15, -0.1) is 5.11 Å². The molecule has 0 amide bonds. The molecule has 2 rings (SSSR count). The zero-order chi connectivity index (χ0) is 16.1. The van der Waals surface area contributed by atoms with Gasteiger partial charge in [0.25, 0.3) is 5.69 Å². The second kappa shape index (κ2) is 6.57. The number of aromatic amines is 1. The van der Waals surface area contributed by atoms with E-state index in [1.165, 1.54) is 24.3 Å². The Morgan fingerprint density at radius 3 is 2.64 bits per heavy atom. The smallest absolute Gasteiger partial charge is 0.361 e. The maximum absolute atomic E-state index is 11.7. The standard InChI is InChI=1S/C13H13N5O4/c1-3-22-13(19)12-11(8(2)14-17-12)16-15-9-4-6-10(7-5-9)18(20)21/h4-7H,3H2,1-2H3,(H,14,17). The maximum Gasteiger partial charge on any atom is 0.361 e. The molecule has 0 unspecified atom stereocenters. The summed E-state index contributed by atoms with van der Waals surface area (Å²) in [7, 11) is 0. The van der Waals surface area contributed by atoms with Crippen LogP contribution >= 0.6 is 0 Å². The van der Waals surface area contributed by atoms with Crippen molar-refractivity contribution in [3.63, 3.8) is 0 Å². The lowest BCUT2D eigenvalue weighted by atomic mass is 10.3. The number of azo groups is 1. The van der Waals surface area contributed by atoms with Crippen molar-refractivity contribution in [2.24, 2.45) is 10.2 Å². The third kappa shape index (κ3) is 3.32. The third-order valence-electron chi connectivity index (χ3n) is 2.71. The Morgan fingerprint density at radius 1 is 1.36 bits per heavy atom. The van der Waals surface area contributed by atoms with Crippen LogP contribution in [0.5, 0.6) is 0 Å². The predicted molar refractivity (Wildman–Crippen MR) is 76.6 cm³/mol. The molecule has 0 spiro atoms. The summed E-state index contributed by atoms with van der Waals surface area (Å²) in [5, 5.41) is 25.0. The van der Waals surface area contributed by atoms with Crippen molar-refractivity contribution in [1.82, 2.24) is 10.2 Å². The number of non-ortho nitro benzene ring substituents is 1. The molecule has 0 fully saturated rings. The van der Waals surface area contributed by atoms with Crippen LogP contribution in [0.2, 0.25) is 0 Å². The Labute approximate surface area is 125 Å². The van der Waals surface area contributed by atoms with Crippen LogP contribution in [0, 0.1) is 17.0 Å². The average Bonchev–Trinajstić information content (AvgIpc) is 2.87. The zero-order valence-corrected chi connectivity index (χ0v) is 11.9. The number of ether oxygens (including phenoxy) is 1. The summed E-state index contributed by atoms with van der Waals surface area (Å²) in [4.78, 5) is 21.8. The Bertz CT molecular complexity index is 721. The number of benzene rings is 1. The van der Waals surface area contributed by atoms with Gasteiger partial charge in [-0.1, -0.05) is 0 Å². The van der Waals surface area contributed by atoms with Gasteiger partial charge in [0.1, 0.15) is 5.69 Å². The molecule has 0 radical (unpaired) electrons. The number of aromatic nitrogens is 2. The SMILES string of the molecule is CCOC(=O)c1n[nH]c(C)c1N=Nc1ccc([N+](=O)[O-])cc1. The van der Waals surface area contributed by atoms with Gasteiger partial charge >= 0.3 is 5.97 Å². The maximum atomic E-state index is 11.7. The molecule has 9 heteroatoms. The molecule has 22 heavy (non-hydrogen) atoms. The molecule has 0 atom stereocenters. The molecule has 114 valence electrons. The number of nitrogens with one attached hydrogen (secondary N) is 1. The fourth-order valence-corrected chi connectivity index (χ4v) is 1.64. The number of nitro benzene ring substituents is 1. The number of carbonyl (C=O) groups is 1. The fourth-order valence-electron chi connectivity index (χ4n) is 1.64. The number of aryl methyl sites for hydroxylation is 1. The normalized spacial score (nSPS) is 10.8. The quantitative estimate of drug-likeness (QED) is 0.393. The van der Waals surface area contributed by atoms with Crippen molar-refractivity contribution in [1.29, 1.82) is 0 Å². The van der Waals surface area contributed by atoms with Crippen LogP contribution in [0.1, 0.15) is 23.1 Å². The predicted octanol–water partition coefficient (Wildman–Crippen LogP) is 3.22. The summed E-state index contributed by atoms with van der Waals surface area (Å²) in [6, 6.07) is 5.56. The van der Waals surface area contributed by atoms with Crippen molar-refractivity contribution in [3.8, 4) is 0 Å². The minimum absolute atomic E-state index is 0.0364. The van der Waals surface area contributed by atoms with Crippen molar-refractivity contribution in [3.05, 3.63) is 45.8 Å². The largest absolute Gasteiger partial charge is 0.461 e. The van der Waals surface area contributed by atoms with Crippen molar-refractivity contribution < 1.29 is 14.5 Å². The van der Waals surface area contributed by atoms with Crippen LogP contribution in [0.25, 0.3) is 0 Å². The second-order valence-electron chi connectivity index (χ2n) is 4.24. The van der Waals surface area contributed by atoms with E-state index in [4.69, 9.17) is 4.74 Å². The van der Waals surface area contributed by atoms with E-state index in [1.807, 2.05) is 0 Å². The summed E-state index contributed by atoms with van der Waals surface area (Å²) in [5.41, 5.74) is 1.27. The molecule has 1 aromatic heterocycles. The van der Waals surface area contributed by atoms with Gasteiger partial charge in [0.15, 0.2) is 5.69 Å². The lowest BCUT2D eigenvalue weighted by Gasteiger charge is -1.98. The molecular weight excluding hydrogens is 290 g/mol. The molecule has 0 aliphatic rings. The van der Waals surface area contributed by atoms with Crippen LogP contribution < -0.4 is 0 Å². The van der Waals surface area contributed by atoms with Gasteiger partial charge in [-0.3, -0.25) is 15.2 Å². The number of hydrogen-bond acceptors (Lipinski definition) is 7. The van der Waals surface area contributed by atoms with E-state index in [2.05, 4.69) is 20.4 Å². The highest BCUT2D eigenvalue weighted by molar-refractivity contribution is 5.93. The Hall–Kier alpha value is -3.10. The van der Waals surface area contributed by atoms with E-state index < -0.39 is 10.9 Å². The number of carbonyl (C=O) groups excluding carboxylic acids is 1. The number of H-pyrrole nitrogens is 1. The average molecular weight is 303 g/mol. The summed E-state index contributed by atoms with van der Waals surface area (Å²) < 4.78 is 4.88. The van der Waals surface area contributed by atoms with Crippen LogP contribution in [0.3, 0.4) is 0 Å². The molecule has 1 aromatic carbocycles. The van der Waals surface area contributed by atoms with Crippen LogP contribution in [0.4, 0.5) is 17.1 Å². The molecule has 0 aliphatic carbocycles.